The molecule has 0 radical (unpaired) electrons. The Hall–Kier alpha value is -1.59. The van der Waals surface area contributed by atoms with Gasteiger partial charge < -0.3 is 14.4 Å². The minimum absolute atomic E-state index is 0.0606. The SMILES string of the molecule is COc1ccc(CN2CCOC[C@@]3(CC(=O)N(CC(C)C)C3)C2)cc1. The monoisotopic (exact) mass is 346 g/mol. The minimum atomic E-state index is -0.0606. The molecule has 3 rings (SSSR count). The molecule has 0 aliphatic carbocycles. The predicted molar refractivity (Wildman–Crippen MR) is 97.6 cm³/mol. The quantitative estimate of drug-likeness (QED) is 0.821. The number of hydrogen-bond donors (Lipinski definition) is 0. The second kappa shape index (κ2) is 7.75. The van der Waals surface area contributed by atoms with E-state index in [1.165, 1.54) is 5.56 Å². The Bertz CT molecular complexity index is 587. The van der Waals surface area contributed by atoms with Crippen molar-refractivity contribution in [3.8, 4) is 5.75 Å². The molecule has 0 aromatic heterocycles. The van der Waals surface area contributed by atoms with E-state index in [1.807, 2.05) is 17.0 Å². The van der Waals surface area contributed by atoms with Crippen LogP contribution in [0, 0.1) is 11.3 Å². The third-order valence-corrected chi connectivity index (χ3v) is 5.08. The number of ether oxygens (including phenoxy) is 2. The van der Waals surface area contributed by atoms with Crippen LogP contribution in [0.3, 0.4) is 0 Å². The van der Waals surface area contributed by atoms with Gasteiger partial charge in [-0.05, 0) is 23.6 Å². The van der Waals surface area contributed by atoms with Crippen LogP contribution in [0.15, 0.2) is 24.3 Å². The van der Waals surface area contributed by atoms with Crippen LogP contribution < -0.4 is 4.74 Å². The molecule has 1 aromatic carbocycles. The van der Waals surface area contributed by atoms with Crippen LogP contribution in [0.4, 0.5) is 0 Å². The molecule has 1 atom stereocenters. The van der Waals surface area contributed by atoms with E-state index in [4.69, 9.17) is 9.47 Å². The van der Waals surface area contributed by atoms with E-state index in [9.17, 15) is 4.79 Å². The summed E-state index contributed by atoms with van der Waals surface area (Å²) >= 11 is 0. The van der Waals surface area contributed by atoms with Crippen molar-refractivity contribution in [3.63, 3.8) is 0 Å². The molecule has 5 heteroatoms. The number of benzene rings is 1. The van der Waals surface area contributed by atoms with Crippen molar-refractivity contribution < 1.29 is 14.3 Å². The maximum Gasteiger partial charge on any atom is 0.223 e. The number of likely N-dealkylation sites (tertiary alicyclic amines) is 1. The first-order chi connectivity index (χ1) is 12.0. The summed E-state index contributed by atoms with van der Waals surface area (Å²) in [7, 11) is 1.69. The molecule has 1 amide bonds. The highest BCUT2D eigenvalue weighted by Crippen LogP contribution is 2.35. The van der Waals surface area contributed by atoms with Gasteiger partial charge in [0.05, 0.1) is 20.3 Å². The van der Waals surface area contributed by atoms with Gasteiger partial charge in [0.25, 0.3) is 0 Å². The van der Waals surface area contributed by atoms with Crippen molar-refractivity contribution in [2.45, 2.75) is 26.8 Å². The molecule has 0 unspecified atom stereocenters. The smallest absolute Gasteiger partial charge is 0.223 e. The maximum atomic E-state index is 12.5. The number of amides is 1. The second-order valence-corrected chi connectivity index (χ2v) is 7.96. The summed E-state index contributed by atoms with van der Waals surface area (Å²) in [6.07, 6.45) is 0.610. The summed E-state index contributed by atoms with van der Waals surface area (Å²) in [5.74, 6) is 1.66. The highest BCUT2D eigenvalue weighted by Gasteiger charge is 2.45. The number of nitrogens with zero attached hydrogens (tertiary/aromatic N) is 2. The average Bonchev–Trinajstić information content (AvgIpc) is 2.74. The molecule has 2 heterocycles. The first-order valence-electron chi connectivity index (χ1n) is 9.20. The Balaban J connectivity index is 1.67. The Labute approximate surface area is 150 Å². The minimum Gasteiger partial charge on any atom is -0.497 e. The maximum absolute atomic E-state index is 12.5. The zero-order valence-corrected chi connectivity index (χ0v) is 15.7. The fourth-order valence-corrected chi connectivity index (χ4v) is 4.00. The molecule has 2 aliphatic rings. The predicted octanol–water partition coefficient (Wildman–Crippen LogP) is 2.40. The molecule has 1 aromatic rings. The number of methoxy groups -OCH3 is 1. The van der Waals surface area contributed by atoms with Gasteiger partial charge in [0.1, 0.15) is 5.75 Å². The Kier molecular flexibility index (Phi) is 5.64. The topological polar surface area (TPSA) is 42.0 Å². The van der Waals surface area contributed by atoms with E-state index in [1.54, 1.807) is 7.11 Å². The van der Waals surface area contributed by atoms with Crippen LogP contribution in [-0.2, 0) is 16.1 Å². The summed E-state index contributed by atoms with van der Waals surface area (Å²) in [5, 5.41) is 0. The van der Waals surface area contributed by atoms with E-state index < -0.39 is 0 Å². The summed E-state index contributed by atoms with van der Waals surface area (Å²) in [6, 6.07) is 8.23. The number of hydrogen-bond acceptors (Lipinski definition) is 4. The van der Waals surface area contributed by atoms with Crippen LogP contribution in [0.5, 0.6) is 5.75 Å². The third kappa shape index (κ3) is 4.53. The lowest BCUT2D eigenvalue weighted by atomic mass is 9.87. The van der Waals surface area contributed by atoms with E-state index in [-0.39, 0.29) is 11.3 Å². The van der Waals surface area contributed by atoms with Crippen LogP contribution in [-0.4, -0.2) is 62.2 Å². The van der Waals surface area contributed by atoms with Gasteiger partial charge in [-0.2, -0.15) is 0 Å². The van der Waals surface area contributed by atoms with E-state index in [0.29, 0.717) is 18.9 Å². The molecule has 138 valence electrons. The van der Waals surface area contributed by atoms with Crippen molar-refractivity contribution in [2.24, 2.45) is 11.3 Å². The molecular weight excluding hydrogens is 316 g/mol. The van der Waals surface area contributed by atoms with E-state index in [0.717, 1.165) is 45.1 Å². The van der Waals surface area contributed by atoms with Gasteiger partial charge in [-0.25, -0.2) is 0 Å². The van der Waals surface area contributed by atoms with E-state index >= 15 is 0 Å². The Morgan fingerprint density at radius 1 is 1.24 bits per heavy atom. The van der Waals surface area contributed by atoms with Crippen LogP contribution in [0.2, 0.25) is 0 Å². The molecule has 5 nitrogen and oxygen atoms in total. The van der Waals surface area contributed by atoms with Crippen molar-refractivity contribution in [3.05, 3.63) is 29.8 Å². The van der Waals surface area contributed by atoms with Gasteiger partial charge >= 0.3 is 0 Å². The molecule has 0 N–H and O–H groups in total. The normalized spacial score (nSPS) is 25.0. The summed E-state index contributed by atoms with van der Waals surface area (Å²) in [6.45, 7) is 10.1. The fourth-order valence-electron chi connectivity index (χ4n) is 4.00. The summed E-state index contributed by atoms with van der Waals surface area (Å²) in [4.78, 5) is 16.9. The van der Waals surface area contributed by atoms with E-state index in [2.05, 4.69) is 30.9 Å². The Morgan fingerprint density at radius 3 is 2.68 bits per heavy atom. The first-order valence-corrected chi connectivity index (χ1v) is 9.20. The van der Waals surface area contributed by atoms with Crippen molar-refractivity contribution in [2.75, 3.05) is 46.5 Å². The average molecular weight is 346 g/mol. The Morgan fingerprint density at radius 2 is 2.00 bits per heavy atom. The largest absolute Gasteiger partial charge is 0.497 e. The zero-order chi connectivity index (χ0) is 17.9. The molecule has 0 bridgehead atoms. The molecule has 0 saturated carbocycles. The van der Waals surface area contributed by atoms with Gasteiger partial charge in [0, 0.05) is 44.6 Å². The standard InChI is InChI=1S/C20H30N2O3/c1-16(2)11-22-14-20(10-19(22)23)13-21(8-9-25-15-20)12-17-4-6-18(24-3)7-5-17/h4-7,16H,8-15H2,1-3H3/t20-/m0/s1. The summed E-state index contributed by atoms with van der Waals surface area (Å²) < 4.78 is 11.1. The molecule has 2 saturated heterocycles. The molecule has 2 fully saturated rings. The highest BCUT2D eigenvalue weighted by molar-refractivity contribution is 5.79. The summed E-state index contributed by atoms with van der Waals surface area (Å²) in [5.41, 5.74) is 1.20. The lowest BCUT2D eigenvalue weighted by molar-refractivity contribution is -0.128. The first kappa shape index (κ1) is 18.2. The van der Waals surface area contributed by atoms with Gasteiger partial charge in [0.15, 0.2) is 0 Å². The van der Waals surface area contributed by atoms with Gasteiger partial charge in [0.2, 0.25) is 5.91 Å². The fraction of sp³-hybridized carbons (Fsp3) is 0.650. The molecule has 2 aliphatic heterocycles. The van der Waals surface area contributed by atoms with Crippen LogP contribution in [0.25, 0.3) is 0 Å². The lowest BCUT2D eigenvalue weighted by Crippen LogP contribution is -2.41. The van der Waals surface area contributed by atoms with Crippen molar-refractivity contribution >= 4 is 5.91 Å². The molecule has 25 heavy (non-hydrogen) atoms. The lowest BCUT2D eigenvalue weighted by Gasteiger charge is -2.31. The highest BCUT2D eigenvalue weighted by atomic mass is 16.5. The molecule has 1 spiro atoms. The zero-order valence-electron chi connectivity index (χ0n) is 15.7. The van der Waals surface area contributed by atoms with Crippen LogP contribution in [0.1, 0.15) is 25.8 Å². The number of carbonyl (C=O) groups excluding carboxylic acids is 1. The number of carbonyl (C=O) groups is 1. The third-order valence-electron chi connectivity index (χ3n) is 5.08. The van der Waals surface area contributed by atoms with Gasteiger partial charge in [-0.1, -0.05) is 26.0 Å². The van der Waals surface area contributed by atoms with Crippen LogP contribution >= 0.6 is 0 Å². The number of rotatable bonds is 5. The van der Waals surface area contributed by atoms with Gasteiger partial charge in [-0.15, -0.1) is 0 Å². The van der Waals surface area contributed by atoms with Gasteiger partial charge in [-0.3, -0.25) is 9.69 Å². The second-order valence-electron chi connectivity index (χ2n) is 7.96. The van der Waals surface area contributed by atoms with Crippen molar-refractivity contribution in [1.29, 1.82) is 0 Å². The molecular formula is C20H30N2O3. The van der Waals surface area contributed by atoms with Crippen molar-refractivity contribution in [1.82, 2.24) is 9.80 Å².